The summed E-state index contributed by atoms with van der Waals surface area (Å²) < 4.78 is 5.21. The number of aromatic nitrogens is 1. The summed E-state index contributed by atoms with van der Waals surface area (Å²) in [6.45, 7) is 3.70. The fourth-order valence-corrected chi connectivity index (χ4v) is 6.35. The van der Waals surface area contributed by atoms with Crippen molar-refractivity contribution in [1.29, 1.82) is 0 Å². The van der Waals surface area contributed by atoms with Gasteiger partial charge >= 0.3 is 12.0 Å². The maximum absolute atomic E-state index is 14.2. The number of H-pyrrole nitrogens is 1. The highest BCUT2D eigenvalue weighted by Crippen LogP contribution is 2.22. The van der Waals surface area contributed by atoms with Crippen LogP contribution in [0.15, 0.2) is 60.8 Å². The van der Waals surface area contributed by atoms with Crippen molar-refractivity contribution in [2.24, 2.45) is 5.73 Å². The summed E-state index contributed by atoms with van der Waals surface area (Å²) in [6.07, 6.45) is 4.14. The summed E-state index contributed by atoms with van der Waals surface area (Å²) in [7, 11) is 0. The minimum absolute atomic E-state index is 0.0708. The molecular weight excluding hydrogens is 690 g/mol. The topological polar surface area (TPSA) is 205 Å². The molecule has 1 saturated heterocycles. The van der Waals surface area contributed by atoms with Gasteiger partial charge in [-0.3, -0.25) is 19.2 Å². The first kappa shape index (κ1) is 39.7. The lowest BCUT2D eigenvalue weighted by molar-refractivity contribution is -0.148. The molecule has 0 radical (unpaired) electrons. The molecular formula is C37H48ClN7O7. The molecule has 52 heavy (non-hydrogen) atoms. The van der Waals surface area contributed by atoms with Gasteiger partial charge in [0.15, 0.2) is 0 Å². The van der Waals surface area contributed by atoms with Crippen molar-refractivity contribution >= 4 is 58.1 Å². The third-order valence-electron chi connectivity index (χ3n) is 8.94. The SMILES string of the molecule is CCOC(=O)[C@H](CCCNC(N)=O)NC(=O)[C@H](Cc1c[nH]c2ccccc12)NC(=O)[C@@H]1CCCCN1C(=O)[C@H](Cc1ccccc1)NC(=O)C(C)Cl. The molecule has 1 aromatic heterocycles. The van der Waals surface area contributed by atoms with Gasteiger partial charge in [-0.25, -0.2) is 9.59 Å². The van der Waals surface area contributed by atoms with Gasteiger partial charge in [0.25, 0.3) is 0 Å². The second kappa shape index (κ2) is 19.5. The van der Waals surface area contributed by atoms with Gasteiger partial charge in [-0.05, 0) is 63.1 Å². The van der Waals surface area contributed by atoms with E-state index < -0.39 is 65.2 Å². The third-order valence-corrected chi connectivity index (χ3v) is 9.13. The van der Waals surface area contributed by atoms with E-state index in [4.69, 9.17) is 22.1 Å². The summed E-state index contributed by atoms with van der Waals surface area (Å²) >= 11 is 6.06. The minimum atomic E-state index is -1.15. The number of nitrogens with one attached hydrogen (secondary N) is 5. The van der Waals surface area contributed by atoms with Crippen LogP contribution >= 0.6 is 11.6 Å². The number of nitrogens with zero attached hydrogens (tertiary/aromatic N) is 1. The van der Waals surface area contributed by atoms with Crippen LogP contribution in [0.4, 0.5) is 4.79 Å². The molecule has 6 amide bonds. The average Bonchev–Trinajstić information content (AvgIpc) is 3.54. The molecule has 7 N–H and O–H groups in total. The Morgan fingerprint density at radius 1 is 0.923 bits per heavy atom. The molecule has 15 heteroatoms. The number of esters is 1. The van der Waals surface area contributed by atoms with Crippen LogP contribution in [-0.4, -0.2) is 94.8 Å². The van der Waals surface area contributed by atoms with E-state index in [0.29, 0.717) is 25.7 Å². The molecule has 4 rings (SSSR count). The van der Waals surface area contributed by atoms with Crippen molar-refractivity contribution in [2.45, 2.75) is 88.3 Å². The smallest absolute Gasteiger partial charge is 0.328 e. The summed E-state index contributed by atoms with van der Waals surface area (Å²) in [6, 6.07) is 11.9. The van der Waals surface area contributed by atoms with Crippen molar-refractivity contribution in [2.75, 3.05) is 19.7 Å². The van der Waals surface area contributed by atoms with E-state index in [1.165, 1.54) is 11.8 Å². The Bertz CT molecular complexity index is 1700. The molecule has 2 heterocycles. The van der Waals surface area contributed by atoms with Gasteiger partial charge < -0.3 is 41.6 Å². The number of hydrogen-bond donors (Lipinski definition) is 6. The zero-order chi connectivity index (χ0) is 37.6. The molecule has 5 atom stereocenters. The fraction of sp³-hybridized carbons (Fsp3) is 0.459. The average molecular weight is 738 g/mol. The number of amides is 6. The first-order valence-corrected chi connectivity index (χ1v) is 18.1. The van der Waals surface area contributed by atoms with Crippen molar-refractivity contribution in [3.05, 3.63) is 71.9 Å². The van der Waals surface area contributed by atoms with Crippen LogP contribution in [0.2, 0.25) is 0 Å². The first-order chi connectivity index (χ1) is 25.0. The van der Waals surface area contributed by atoms with Crippen LogP contribution in [0, 0.1) is 0 Å². The number of piperidine rings is 1. The van der Waals surface area contributed by atoms with Crippen LogP contribution in [0.1, 0.15) is 57.1 Å². The number of rotatable bonds is 17. The molecule has 0 bridgehead atoms. The Labute approximate surface area is 307 Å². The first-order valence-electron chi connectivity index (χ1n) is 17.6. The van der Waals surface area contributed by atoms with E-state index in [1.807, 2.05) is 54.6 Å². The molecule has 2 aromatic carbocycles. The molecule has 0 saturated carbocycles. The Morgan fingerprint density at radius 3 is 2.35 bits per heavy atom. The highest BCUT2D eigenvalue weighted by atomic mass is 35.5. The number of primary amides is 1. The van der Waals surface area contributed by atoms with E-state index in [9.17, 15) is 28.8 Å². The molecule has 280 valence electrons. The highest BCUT2D eigenvalue weighted by molar-refractivity contribution is 6.30. The quantitative estimate of drug-likeness (QED) is 0.0693. The summed E-state index contributed by atoms with van der Waals surface area (Å²) in [5.41, 5.74) is 7.58. The molecule has 1 aliphatic heterocycles. The molecule has 1 fully saturated rings. The summed E-state index contributed by atoms with van der Waals surface area (Å²) in [5, 5.41) is 10.8. The number of fused-ring (bicyclic) bond motifs is 1. The third kappa shape index (κ3) is 11.2. The Balaban J connectivity index is 1.59. The number of likely N-dealkylation sites (tertiary alicyclic amines) is 1. The molecule has 1 aliphatic rings. The standard InChI is InChI=1S/C37H48ClN7O7/c1-3-52-36(50)28(16-11-18-40-37(39)51)42-33(47)29(21-25-22-41-27-15-8-7-14-26(25)27)43-34(48)31-17-9-10-19-45(31)35(49)30(44-32(46)23(2)38)20-24-12-5-4-6-13-24/h4-8,12-15,22-23,28-31,41H,3,9-11,16-21H2,1-2H3,(H,42,47)(H,43,48)(H,44,46)(H3,39,40,51)/t23?,28-,29-,30-,31-/m0/s1. The number of carbonyl (C=O) groups is 6. The van der Waals surface area contributed by atoms with E-state index >= 15 is 0 Å². The lowest BCUT2D eigenvalue weighted by Crippen LogP contribution is -2.61. The Hall–Kier alpha value is -5.11. The van der Waals surface area contributed by atoms with Crippen molar-refractivity contribution in [3.8, 4) is 0 Å². The van der Waals surface area contributed by atoms with Gasteiger partial charge in [0, 0.05) is 43.0 Å². The Kier molecular flexibility index (Phi) is 14.9. The summed E-state index contributed by atoms with van der Waals surface area (Å²) in [4.78, 5) is 83.8. The van der Waals surface area contributed by atoms with Crippen molar-refractivity contribution < 1.29 is 33.5 Å². The van der Waals surface area contributed by atoms with Gasteiger partial charge in [-0.15, -0.1) is 11.6 Å². The predicted octanol–water partition coefficient (Wildman–Crippen LogP) is 2.43. The maximum Gasteiger partial charge on any atom is 0.328 e. The number of para-hydroxylation sites is 1. The van der Waals surface area contributed by atoms with Gasteiger partial charge in [0.05, 0.1) is 6.61 Å². The van der Waals surface area contributed by atoms with Crippen molar-refractivity contribution in [3.63, 3.8) is 0 Å². The number of aromatic amines is 1. The number of benzene rings is 2. The van der Waals surface area contributed by atoms with Gasteiger partial charge in [0.1, 0.15) is 29.5 Å². The number of carbonyl (C=O) groups excluding carboxylic acids is 6. The molecule has 0 spiro atoms. The molecule has 3 aromatic rings. The summed E-state index contributed by atoms with van der Waals surface area (Å²) in [5.74, 6) is -2.76. The molecule has 0 aliphatic carbocycles. The lowest BCUT2D eigenvalue weighted by atomic mass is 9.97. The number of alkyl halides is 1. The van der Waals surface area contributed by atoms with Crippen LogP contribution in [0.25, 0.3) is 10.9 Å². The zero-order valence-corrected chi connectivity index (χ0v) is 30.2. The monoisotopic (exact) mass is 737 g/mol. The maximum atomic E-state index is 14.2. The fourth-order valence-electron chi connectivity index (χ4n) is 6.28. The minimum Gasteiger partial charge on any atom is -0.464 e. The van der Waals surface area contributed by atoms with E-state index in [2.05, 4.69) is 26.3 Å². The molecule has 14 nitrogen and oxygen atoms in total. The van der Waals surface area contributed by atoms with Crippen LogP contribution in [0.3, 0.4) is 0 Å². The van der Waals surface area contributed by atoms with Crippen molar-refractivity contribution in [1.82, 2.24) is 31.2 Å². The van der Waals surface area contributed by atoms with Crippen LogP contribution < -0.4 is 27.0 Å². The number of urea groups is 1. The van der Waals surface area contributed by atoms with E-state index in [1.54, 1.807) is 13.1 Å². The van der Waals surface area contributed by atoms with Gasteiger partial charge in [-0.2, -0.15) is 0 Å². The molecule has 1 unspecified atom stereocenters. The predicted molar refractivity (Wildman–Crippen MR) is 196 cm³/mol. The Morgan fingerprint density at radius 2 is 1.63 bits per heavy atom. The highest BCUT2D eigenvalue weighted by Gasteiger charge is 2.38. The van der Waals surface area contributed by atoms with Crippen LogP contribution in [0.5, 0.6) is 0 Å². The second-order valence-electron chi connectivity index (χ2n) is 12.8. The van der Waals surface area contributed by atoms with E-state index in [-0.39, 0.29) is 39.0 Å². The van der Waals surface area contributed by atoms with E-state index in [0.717, 1.165) is 22.0 Å². The largest absolute Gasteiger partial charge is 0.464 e. The van der Waals surface area contributed by atoms with Gasteiger partial charge in [0.2, 0.25) is 23.6 Å². The zero-order valence-electron chi connectivity index (χ0n) is 29.5. The lowest BCUT2D eigenvalue weighted by Gasteiger charge is -2.37. The number of ether oxygens (including phenoxy) is 1. The number of nitrogens with two attached hydrogens (primary N) is 1. The second-order valence-corrected chi connectivity index (χ2v) is 13.4. The number of hydrogen-bond acceptors (Lipinski definition) is 7. The number of halogens is 1. The van der Waals surface area contributed by atoms with Crippen LogP contribution in [-0.2, 0) is 41.6 Å². The normalized spacial score (nSPS) is 16.5. The van der Waals surface area contributed by atoms with Gasteiger partial charge in [-0.1, -0.05) is 48.5 Å².